The molecule has 2 N–H and O–H groups in total. The predicted molar refractivity (Wildman–Crippen MR) is 74.9 cm³/mol. The summed E-state index contributed by atoms with van der Waals surface area (Å²) in [5.74, 6) is 2.00. The molecule has 6 nitrogen and oxygen atoms in total. The number of nitrogens with one attached hydrogen (secondary N) is 2. The number of nitrogens with zero attached hydrogens (tertiary/aromatic N) is 3. The van der Waals surface area contributed by atoms with Gasteiger partial charge in [-0.3, -0.25) is 0 Å². The summed E-state index contributed by atoms with van der Waals surface area (Å²) in [7, 11) is 1.64. The summed E-state index contributed by atoms with van der Waals surface area (Å²) in [6, 6.07) is 7.60. The molecule has 2 aromatic rings. The van der Waals surface area contributed by atoms with Crippen LogP contribution in [0.15, 0.2) is 30.5 Å². The van der Waals surface area contributed by atoms with E-state index >= 15 is 0 Å². The van der Waals surface area contributed by atoms with E-state index in [1.54, 1.807) is 13.3 Å². The zero-order valence-corrected chi connectivity index (χ0v) is 11.1. The van der Waals surface area contributed by atoms with Crippen molar-refractivity contribution in [3.8, 4) is 5.75 Å². The lowest BCUT2D eigenvalue weighted by Crippen LogP contribution is -2.06. The third-order valence-electron chi connectivity index (χ3n) is 2.45. The van der Waals surface area contributed by atoms with Crippen molar-refractivity contribution in [3.05, 3.63) is 30.5 Å². The number of ether oxygens (including phenoxy) is 1. The minimum Gasteiger partial charge on any atom is -0.497 e. The van der Waals surface area contributed by atoms with E-state index in [4.69, 9.17) is 4.74 Å². The third-order valence-corrected chi connectivity index (χ3v) is 2.45. The molecule has 0 radical (unpaired) electrons. The highest BCUT2D eigenvalue weighted by Crippen LogP contribution is 2.18. The molecule has 0 fully saturated rings. The van der Waals surface area contributed by atoms with E-state index < -0.39 is 0 Å². The number of rotatable bonds is 6. The van der Waals surface area contributed by atoms with E-state index in [-0.39, 0.29) is 0 Å². The van der Waals surface area contributed by atoms with Gasteiger partial charge in [0.15, 0.2) is 5.82 Å². The zero-order valence-electron chi connectivity index (χ0n) is 11.1. The maximum atomic E-state index is 5.11. The molecule has 0 bridgehead atoms. The van der Waals surface area contributed by atoms with Crippen molar-refractivity contribution in [2.75, 3.05) is 24.3 Å². The topological polar surface area (TPSA) is 72.0 Å². The molecule has 0 aliphatic heterocycles. The molecule has 0 saturated heterocycles. The zero-order chi connectivity index (χ0) is 13.5. The van der Waals surface area contributed by atoms with E-state index in [0.717, 1.165) is 24.4 Å². The molecule has 6 heteroatoms. The van der Waals surface area contributed by atoms with Gasteiger partial charge in [-0.2, -0.15) is 10.1 Å². The fourth-order valence-electron chi connectivity index (χ4n) is 1.50. The lowest BCUT2D eigenvalue weighted by molar-refractivity contribution is 0.415. The van der Waals surface area contributed by atoms with E-state index in [9.17, 15) is 0 Å². The molecule has 0 saturated carbocycles. The highest BCUT2D eigenvalue weighted by atomic mass is 16.5. The third kappa shape index (κ3) is 3.80. The second-order valence-electron chi connectivity index (χ2n) is 3.95. The van der Waals surface area contributed by atoms with Crippen LogP contribution < -0.4 is 15.4 Å². The molecule has 100 valence electrons. The van der Waals surface area contributed by atoms with Crippen LogP contribution in [0.3, 0.4) is 0 Å². The highest BCUT2D eigenvalue weighted by molar-refractivity contribution is 5.57. The van der Waals surface area contributed by atoms with Gasteiger partial charge in [0.1, 0.15) is 5.75 Å². The Hall–Kier alpha value is -2.37. The first kappa shape index (κ1) is 13.1. The minimum atomic E-state index is 0.528. The van der Waals surface area contributed by atoms with Crippen LogP contribution in [0, 0.1) is 0 Å². The van der Waals surface area contributed by atoms with Gasteiger partial charge in [0.2, 0.25) is 5.95 Å². The monoisotopic (exact) mass is 259 g/mol. The molecule has 0 spiro atoms. The maximum Gasteiger partial charge on any atom is 0.244 e. The van der Waals surface area contributed by atoms with Gasteiger partial charge in [-0.05, 0) is 30.7 Å². The van der Waals surface area contributed by atoms with Gasteiger partial charge >= 0.3 is 0 Å². The lowest BCUT2D eigenvalue weighted by Gasteiger charge is -2.07. The largest absolute Gasteiger partial charge is 0.497 e. The second kappa shape index (κ2) is 6.53. The smallest absolute Gasteiger partial charge is 0.244 e. The first-order valence-electron chi connectivity index (χ1n) is 6.16. The molecule has 0 aliphatic rings. The van der Waals surface area contributed by atoms with Crippen molar-refractivity contribution in [3.63, 3.8) is 0 Å². The van der Waals surface area contributed by atoms with Gasteiger partial charge < -0.3 is 15.4 Å². The molecule has 0 amide bonds. The average molecular weight is 259 g/mol. The van der Waals surface area contributed by atoms with Crippen LogP contribution in [0.5, 0.6) is 5.75 Å². The summed E-state index contributed by atoms with van der Waals surface area (Å²) in [5.41, 5.74) is 0.919. The minimum absolute atomic E-state index is 0.528. The van der Waals surface area contributed by atoms with Crippen LogP contribution in [0.1, 0.15) is 13.3 Å². The van der Waals surface area contributed by atoms with E-state index in [1.807, 2.05) is 24.3 Å². The number of aromatic nitrogens is 3. The van der Waals surface area contributed by atoms with Crippen molar-refractivity contribution in [1.82, 2.24) is 15.2 Å². The van der Waals surface area contributed by atoms with Crippen LogP contribution in [0.4, 0.5) is 17.5 Å². The molecule has 1 aromatic heterocycles. The van der Waals surface area contributed by atoms with Crippen LogP contribution >= 0.6 is 0 Å². The van der Waals surface area contributed by atoms with Gasteiger partial charge in [-0.25, -0.2) is 0 Å². The number of hydrogen-bond acceptors (Lipinski definition) is 6. The second-order valence-corrected chi connectivity index (χ2v) is 3.95. The Bertz CT molecular complexity index is 515. The van der Waals surface area contributed by atoms with E-state index in [2.05, 4.69) is 32.7 Å². The molecular weight excluding hydrogens is 242 g/mol. The highest BCUT2D eigenvalue weighted by Gasteiger charge is 2.00. The molecular formula is C13H17N5O. The van der Waals surface area contributed by atoms with Gasteiger partial charge in [0, 0.05) is 12.2 Å². The Morgan fingerprint density at radius 2 is 2.00 bits per heavy atom. The van der Waals surface area contributed by atoms with Crippen molar-refractivity contribution in [2.24, 2.45) is 0 Å². The lowest BCUT2D eigenvalue weighted by atomic mass is 10.3. The maximum absolute atomic E-state index is 5.11. The molecule has 1 aromatic carbocycles. The number of anilines is 3. The Kier molecular flexibility index (Phi) is 4.49. The first-order valence-corrected chi connectivity index (χ1v) is 6.16. The fourth-order valence-corrected chi connectivity index (χ4v) is 1.50. The van der Waals surface area contributed by atoms with Crippen molar-refractivity contribution < 1.29 is 4.74 Å². The Morgan fingerprint density at radius 1 is 1.21 bits per heavy atom. The summed E-state index contributed by atoms with van der Waals surface area (Å²) in [6.45, 7) is 2.91. The molecule has 0 atom stereocenters. The summed E-state index contributed by atoms with van der Waals surface area (Å²) in [6.07, 6.45) is 2.60. The molecule has 1 heterocycles. The van der Waals surface area contributed by atoms with E-state index in [1.165, 1.54) is 0 Å². The number of methoxy groups -OCH3 is 1. The van der Waals surface area contributed by atoms with Gasteiger partial charge in [0.25, 0.3) is 0 Å². The Morgan fingerprint density at radius 3 is 2.68 bits per heavy atom. The van der Waals surface area contributed by atoms with Crippen molar-refractivity contribution in [2.45, 2.75) is 13.3 Å². The standard InChI is InChI=1S/C13H17N5O/c1-3-8-14-13-17-12(9-15-18-13)16-10-4-6-11(19-2)7-5-10/h4-7,9H,3,8H2,1-2H3,(H2,14,16,17,18). The van der Waals surface area contributed by atoms with Crippen LogP contribution in [-0.4, -0.2) is 28.8 Å². The van der Waals surface area contributed by atoms with Crippen LogP contribution in [0.25, 0.3) is 0 Å². The summed E-state index contributed by atoms with van der Waals surface area (Å²) in [5, 5.41) is 14.1. The predicted octanol–water partition coefficient (Wildman–Crippen LogP) is 2.45. The quantitative estimate of drug-likeness (QED) is 0.830. The normalized spacial score (nSPS) is 10.0. The summed E-state index contributed by atoms with van der Waals surface area (Å²) in [4.78, 5) is 4.32. The van der Waals surface area contributed by atoms with Crippen LogP contribution in [0.2, 0.25) is 0 Å². The van der Waals surface area contributed by atoms with Crippen molar-refractivity contribution in [1.29, 1.82) is 0 Å². The number of benzene rings is 1. The fraction of sp³-hybridized carbons (Fsp3) is 0.308. The van der Waals surface area contributed by atoms with Crippen LogP contribution in [-0.2, 0) is 0 Å². The van der Waals surface area contributed by atoms with Gasteiger partial charge in [-0.15, -0.1) is 5.10 Å². The van der Waals surface area contributed by atoms with Crippen molar-refractivity contribution >= 4 is 17.5 Å². The van der Waals surface area contributed by atoms with Gasteiger partial charge in [0.05, 0.1) is 13.3 Å². The Labute approximate surface area is 112 Å². The average Bonchev–Trinajstić information content (AvgIpc) is 2.46. The number of hydrogen-bond donors (Lipinski definition) is 2. The Balaban J connectivity index is 2.05. The van der Waals surface area contributed by atoms with E-state index in [0.29, 0.717) is 11.8 Å². The molecule has 2 rings (SSSR count). The summed E-state index contributed by atoms with van der Waals surface area (Å²) < 4.78 is 5.11. The summed E-state index contributed by atoms with van der Waals surface area (Å²) >= 11 is 0. The first-order chi connectivity index (χ1) is 9.31. The molecule has 19 heavy (non-hydrogen) atoms. The molecule has 0 aliphatic carbocycles. The van der Waals surface area contributed by atoms with Gasteiger partial charge in [-0.1, -0.05) is 6.92 Å². The molecule has 0 unspecified atom stereocenters. The SMILES string of the molecule is CCCNc1nncc(Nc2ccc(OC)cc2)n1.